The van der Waals surface area contributed by atoms with Crippen LogP contribution in [0, 0.1) is 5.92 Å². The van der Waals surface area contributed by atoms with Crippen molar-refractivity contribution in [2.75, 3.05) is 18.8 Å². The first-order chi connectivity index (χ1) is 8.93. The highest BCUT2D eigenvalue weighted by molar-refractivity contribution is 8.00. The topological polar surface area (TPSA) is 69.6 Å². The third kappa shape index (κ3) is 5.30. The second kappa shape index (κ2) is 7.62. The number of carboxylic acids is 1. The first-order valence-corrected chi connectivity index (χ1v) is 7.88. The number of carboxylic acid groups (broad SMARTS) is 1. The van der Waals surface area contributed by atoms with Crippen LogP contribution in [0.25, 0.3) is 0 Å². The van der Waals surface area contributed by atoms with Crippen LogP contribution < -0.4 is 5.32 Å². The maximum atomic E-state index is 12.1. The maximum absolute atomic E-state index is 12.1. The number of amides is 2. The van der Waals surface area contributed by atoms with Crippen molar-refractivity contribution in [1.29, 1.82) is 0 Å². The molecule has 2 amide bonds. The van der Waals surface area contributed by atoms with Gasteiger partial charge in [-0.15, -0.1) is 0 Å². The van der Waals surface area contributed by atoms with Crippen LogP contribution in [-0.2, 0) is 4.79 Å². The average molecular weight is 288 g/mol. The van der Waals surface area contributed by atoms with Crippen LogP contribution in [-0.4, -0.2) is 52.1 Å². The van der Waals surface area contributed by atoms with E-state index < -0.39 is 12.0 Å². The van der Waals surface area contributed by atoms with Gasteiger partial charge in [0.25, 0.3) is 0 Å². The molecule has 1 unspecified atom stereocenters. The van der Waals surface area contributed by atoms with E-state index in [1.807, 2.05) is 25.6 Å². The molecule has 1 aliphatic heterocycles. The number of aliphatic carboxylic acids is 1. The van der Waals surface area contributed by atoms with E-state index >= 15 is 0 Å². The van der Waals surface area contributed by atoms with Gasteiger partial charge in [-0.1, -0.05) is 20.8 Å². The smallest absolute Gasteiger partial charge is 0.326 e. The molecule has 1 aliphatic rings. The van der Waals surface area contributed by atoms with Crippen molar-refractivity contribution < 1.29 is 14.7 Å². The molecule has 0 aromatic rings. The molecule has 2 N–H and O–H groups in total. The first kappa shape index (κ1) is 16.1. The van der Waals surface area contributed by atoms with Crippen molar-refractivity contribution in [3.05, 3.63) is 0 Å². The van der Waals surface area contributed by atoms with E-state index in [1.165, 1.54) is 0 Å². The van der Waals surface area contributed by atoms with Gasteiger partial charge in [0.15, 0.2) is 0 Å². The Kier molecular flexibility index (Phi) is 6.48. The third-order valence-corrected chi connectivity index (χ3v) is 4.56. The van der Waals surface area contributed by atoms with Crippen molar-refractivity contribution in [3.8, 4) is 0 Å². The molecule has 5 nitrogen and oxygen atoms in total. The van der Waals surface area contributed by atoms with Crippen LogP contribution in [0.1, 0.15) is 33.6 Å². The van der Waals surface area contributed by atoms with E-state index in [-0.39, 0.29) is 11.9 Å². The minimum atomic E-state index is -0.958. The minimum Gasteiger partial charge on any atom is -0.480 e. The fraction of sp³-hybridized carbons (Fsp3) is 0.846. The van der Waals surface area contributed by atoms with Gasteiger partial charge in [0, 0.05) is 24.1 Å². The fourth-order valence-corrected chi connectivity index (χ4v) is 3.26. The van der Waals surface area contributed by atoms with Crippen molar-refractivity contribution >= 4 is 23.8 Å². The van der Waals surface area contributed by atoms with Gasteiger partial charge < -0.3 is 15.3 Å². The van der Waals surface area contributed by atoms with Gasteiger partial charge >= 0.3 is 12.0 Å². The highest BCUT2D eigenvalue weighted by Gasteiger charge is 2.27. The van der Waals surface area contributed by atoms with Gasteiger partial charge in [-0.05, 0) is 18.8 Å². The first-order valence-electron chi connectivity index (χ1n) is 6.83. The summed E-state index contributed by atoms with van der Waals surface area (Å²) in [5, 5.41) is 12.2. The van der Waals surface area contributed by atoms with Crippen LogP contribution in [0.15, 0.2) is 0 Å². The summed E-state index contributed by atoms with van der Waals surface area (Å²) < 4.78 is 0. The molecule has 1 fully saturated rings. The highest BCUT2D eigenvalue weighted by Crippen LogP contribution is 2.21. The number of urea groups is 1. The predicted molar refractivity (Wildman–Crippen MR) is 77.5 cm³/mol. The molecule has 0 aliphatic carbocycles. The highest BCUT2D eigenvalue weighted by atomic mass is 32.2. The van der Waals surface area contributed by atoms with Crippen LogP contribution in [0.5, 0.6) is 0 Å². The average Bonchev–Trinajstić information content (AvgIpc) is 2.37. The normalized spacial score (nSPS) is 21.3. The van der Waals surface area contributed by atoms with Crippen molar-refractivity contribution in [1.82, 2.24) is 10.2 Å². The van der Waals surface area contributed by atoms with Gasteiger partial charge in [0.1, 0.15) is 6.04 Å². The monoisotopic (exact) mass is 288 g/mol. The van der Waals surface area contributed by atoms with Crippen LogP contribution in [0.2, 0.25) is 0 Å². The molecule has 0 aromatic carbocycles. The summed E-state index contributed by atoms with van der Waals surface area (Å²) in [7, 11) is 0. The number of hydrogen-bond acceptors (Lipinski definition) is 3. The second-order valence-corrected chi connectivity index (χ2v) is 6.73. The summed E-state index contributed by atoms with van der Waals surface area (Å²) in [5.74, 6) is 0.204. The maximum Gasteiger partial charge on any atom is 0.326 e. The van der Waals surface area contributed by atoms with Gasteiger partial charge in [0.2, 0.25) is 0 Å². The quantitative estimate of drug-likeness (QED) is 0.812. The molecular weight excluding hydrogens is 264 g/mol. The number of carbonyl (C=O) groups excluding carboxylic acids is 1. The molecule has 0 aromatic heterocycles. The van der Waals surface area contributed by atoms with Gasteiger partial charge in [-0.2, -0.15) is 11.8 Å². The summed E-state index contributed by atoms with van der Waals surface area (Å²) in [5.41, 5.74) is 0. The lowest BCUT2D eigenvalue weighted by Gasteiger charge is -2.32. The molecule has 0 radical (unpaired) electrons. The van der Waals surface area contributed by atoms with Crippen molar-refractivity contribution in [3.63, 3.8) is 0 Å². The molecule has 0 saturated carbocycles. The molecule has 110 valence electrons. The summed E-state index contributed by atoms with van der Waals surface area (Å²) in [6, 6.07) is -1.03. The Labute approximate surface area is 119 Å². The lowest BCUT2D eigenvalue weighted by Crippen LogP contribution is -2.51. The lowest BCUT2D eigenvalue weighted by molar-refractivity contribution is -0.139. The SMILES string of the molecule is CCC1CN(C(=O)N[C@H](CC(C)C)C(=O)O)CCS1. The molecule has 6 heteroatoms. The van der Waals surface area contributed by atoms with Crippen LogP contribution >= 0.6 is 11.8 Å². The Morgan fingerprint density at radius 1 is 1.47 bits per heavy atom. The molecule has 1 heterocycles. The molecule has 0 spiro atoms. The number of thioether (sulfide) groups is 1. The predicted octanol–water partition coefficient (Wildman–Crippen LogP) is 2.02. The van der Waals surface area contributed by atoms with E-state index in [4.69, 9.17) is 5.11 Å². The van der Waals surface area contributed by atoms with Crippen LogP contribution in [0.3, 0.4) is 0 Å². The Balaban J connectivity index is 2.53. The molecular formula is C13H24N2O3S. The lowest BCUT2D eigenvalue weighted by atomic mass is 10.0. The zero-order valence-electron chi connectivity index (χ0n) is 11.9. The van der Waals surface area contributed by atoms with Crippen LogP contribution in [0.4, 0.5) is 4.79 Å². The van der Waals surface area contributed by atoms with E-state index in [2.05, 4.69) is 12.2 Å². The summed E-state index contributed by atoms with van der Waals surface area (Å²) in [6.45, 7) is 7.42. The molecule has 19 heavy (non-hydrogen) atoms. The van der Waals surface area contributed by atoms with E-state index in [0.717, 1.165) is 12.2 Å². The molecule has 0 bridgehead atoms. The molecule has 1 rings (SSSR count). The molecule has 1 saturated heterocycles. The second-order valence-electron chi connectivity index (χ2n) is 5.32. The van der Waals surface area contributed by atoms with Crippen molar-refractivity contribution in [2.24, 2.45) is 5.92 Å². The minimum absolute atomic E-state index is 0.238. The Morgan fingerprint density at radius 2 is 2.16 bits per heavy atom. The van der Waals surface area contributed by atoms with Gasteiger partial charge in [-0.3, -0.25) is 0 Å². The summed E-state index contributed by atoms with van der Waals surface area (Å²) in [4.78, 5) is 25.0. The number of nitrogens with zero attached hydrogens (tertiary/aromatic N) is 1. The standard InChI is InChI=1S/C13H24N2O3S/c1-4-10-8-15(5-6-19-10)13(18)14-11(12(16)17)7-9(2)3/h9-11H,4-8H2,1-3H3,(H,14,18)(H,16,17)/t10?,11-/m1/s1. The van der Waals surface area contributed by atoms with Crippen molar-refractivity contribution in [2.45, 2.75) is 44.9 Å². The Hall–Kier alpha value is -0.910. The molecule has 2 atom stereocenters. The van der Waals surface area contributed by atoms with Gasteiger partial charge in [0.05, 0.1) is 0 Å². The fourth-order valence-electron chi connectivity index (χ4n) is 2.08. The number of carbonyl (C=O) groups is 2. The number of hydrogen-bond donors (Lipinski definition) is 2. The zero-order valence-corrected chi connectivity index (χ0v) is 12.7. The van der Waals surface area contributed by atoms with E-state index in [1.54, 1.807) is 4.90 Å². The Bertz CT molecular complexity index is 323. The summed E-state index contributed by atoms with van der Waals surface area (Å²) >= 11 is 1.88. The number of rotatable bonds is 5. The summed E-state index contributed by atoms with van der Waals surface area (Å²) in [6.07, 6.45) is 1.49. The zero-order chi connectivity index (χ0) is 14.4. The van der Waals surface area contributed by atoms with E-state index in [0.29, 0.717) is 24.8 Å². The van der Waals surface area contributed by atoms with E-state index in [9.17, 15) is 9.59 Å². The van der Waals surface area contributed by atoms with Gasteiger partial charge in [-0.25, -0.2) is 9.59 Å². The Morgan fingerprint density at radius 3 is 2.68 bits per heavy atom. The largest absolute Gasteiger partial charge is 0.480 e. The number of nitrogens with one attached hydrogen (secondary N) is 1. The third-order valence-electron chi connectivity index (χ3n) is 3.18.